The second kappa shape index (κ2) is 4.58. The molecule has 0 spiro atoms. The van der Waals surface area contributed by atoms with Gasteiger partial charge in [-0.2, -0.15) is 0 Å². The zero-order valence-electron chi connectivity index (χ0n) is 8.00. The van der Waals surface area contributed by atoms with Crippen molar-refractivity contribution in [3.8, 4) is 0 Å². The topological polar surface area (TPSA) is 12.0 Å². The van der Waals surface area contributed by atoms with Gasteiger partial charge in [-0.25, -0.2) is 0 Å². The Kier molecular flexibility index (Phi) is 3.16. The van der Waals surface area contributed by atoms with Crippen LogP contribution in [-0.4, -0.2) is 15.7 Å². The first kappa shape index (κ1) is 8.97. The van der Waals surface area contributed by atoms with Gasteiger partial charge in [0.25, 0.3) is 0 Å². The van der Waals surface area contributed by atoms with Gasteiger partial charge in [0.05, 0.1) is 0 Å². The van der Waals surface area contributed by atoms with Gasteiger partial charge < -0.3 is 4.98 Å². The summed E-state index contributed by atoms with van der Waals surface area (Å²) in [6.45, 7) is 0. The molecular formula is C11H17NSi. The third kappa shape index (κ3) is 2.67. The van der Waals surface area contributed by atoms with Crippen molar-refractivity contribution in [3.63, 3.8) is 0 Å². The van der Waals surface area contributed by atoms with E-state index in [-0.39, 0.29) is 9.68 Å². The van der Waals surface area contributed by atoms with Crippen molar-refractivity contribution in [1.29, 1.82) is 0 Å². The highest BCUT2D eigenvalue weighted by Gasteiger charge is 2.13. The van der Waals surface area contributed by atoms with Crippen LogP contribution in [0.5, 0.6) is 0 Å². The molecule has 0 bridgehead atoms. The van der Waals surface area contributed by atoms with Gasteiger partial charge in [-0.3, -0.25) is 0 Å². The summed E-state index contributed by atoms with van der Waals surface area (Å²) in [5.74, 6) is 0. The molecular weight excluding hydrogens is 174 g/mol. The van der Waals surface area contributed by atoms with Gasteiger partial charge in [-0.1, -0.05) is 48.4 Å². The van der Waals surface area contributed by atoms with Crippen LogP contribution in [-0.2, 0) is 0 Å². The first-order valence-corrected chi connectivity index (χ1v) is 6.64. The molecule has 1 saturated carbocycles. The summed E-state index contributed by atoms with van der Waals surface area (Å²) in [6.07, 6.45) is 5.67. The average molecular weight is 191 g/mol. The average Bonchev–Trinajstić information content (AvgIpc) is 2.69. The van der Waals surface area contributed by atoms with Gasteiger partial charge in [0.15, 0.2) is 0 Å². The first-order chi connectivity index (χ1) is 6.45. The van der Waals surface area contributed by atoms with Crippen LogP contribution in [0, 0.1) is 0 Å². The van der Waals surface area contributed by atoms with Gasteiger partial charge in [-0.05, 0) is 12.8 Å². The molecule has 0 heterocycles. The summed E-state index contributed by atoms with van der Waals surface area (Å²) in [5, 5.41) is 1.54. The molecule has 2 rings (SSSR count). The quantitative estimate of drug-likeness (QED) is 0.701. The molecule has 0 unspecified atom stereocenters. The van der Waals surface area contributed by atoms with E-state index in [0.29, 0.717) is 0 Å². The van der Waals surface area contributed by atoms with Gasteiger partial charge in [0.2, 0.25) is 0 Å². The van der Waals surface area contributed by atoms with E-state index in [4.69, 9.17) is 0 Å². The fourth-order valence-electron chi connectivity index (χ4n) is 1.99. The highest BCUT2D eigenvalue weighted by atomic mass is 28.2. The summed E-state index contributed by atoms with van der Waals surface area (Å²) in [5.41, 5.74) is 0. The minimum absolute atomic E-state index is 0.191. The minimum Gasteiger partial charge on any atom is -0.336 e. The molecule has 2 heteroatoms. The SMILES string of the molecule is c1ccc([SiH2]NC2CCCC2)cc1. The molecule has 0 atom stereocenters. The predicted octanol–water partition coefficient (Wildman–Crippen LogP) is 0.928. The normalized spacial score (nSPS) is 18.8. The number of hydrogen-bond donors (Lipinski definition) is 1. The zero-order chi connectivity index (χ0) is 8.93. The van der Waals surface area contributed by atoms with Crippen LogP contribution in [0.1, 0.15) is 25.7 Å². The Morgan fingerprint density at radius 3 is 2.46 bits per heavy atom. The molecule has 0 amide bonds. The fourth-order valence-corrected chi connectivity index (χ4v) is 3.43. The summed E-state index contributed by atoms with van der Waals surface area (Å²) < 4.78 is 0. The number of hydrogen-bond acceptors (Lipinski definition) is 1. The maximum atomic E-state index is 3.74. The minimum atomic E-state index is -0.191. The number of nitrogens with one attached hydrogen (secondary N) is 1. The molecule has 1 nitrogen and oxygen atoms in total. The van der Waals surface area contributed by atoms with Crippen LogP contribution in [0.4, 0.5) is 0 Å². The second-order valence-corrected chi connectivity index (χ2v) is 5.43. The van der Waals surface area contributed by atoms with Crippen molar-refractivity contribution in [2.24, 2.45) is 0 Å². The Morgan fingerprint density at radius 2 is 1.77 bits per heavy atom. The van der Waals surface area contributed by atoms with E-state index < -0.39 is 0 Å². The molecule has 0 saturated heterocycles. The maximum Gasteiger partial charge on any atom is 0.124 e. The van der Waals surface area contributed by atoms with Gasteiger partial charge in [-0.15, -0.1) is 0 Å². The Balaban J connectivity index is 1.79. The van der Waals surface area contributed by atoms with Crippen LogP contribution >= 0.6 is 0 Å². The highest BCUT2D eigenvalue weighted by Crippen LogP contribution is 2.16. The Morgan fingerprint density at radius 1 is 1.08 bits per heavy atom. The van der Waals surface area contributed by atoms with E-state index in [1.807, 2.05) is 0 Å². The summed E-state index contributed by atoms with van der Waals surface area (Å²) in [6, 6.07) is 11.7. The largest absolute Gasteiger partial charge is 0.336 e. The number of benzene rings is 1. The van der Waals surface area contributed by atoms with Crippen LogP contribution < -0.4 is 10.2 Å². The van der Waals surface area contributed by atoms with Crippen molar-refractivity contribution in [3.05, 3.63) is 30.3 Å². The molecule has 1 aromatic rings. The monoisotopic (exact) mass is 191 g/mol. The summed E-state index contributed by atoms with van der Waals surface area (Å²) >= 11 is 0. The Hall–Kier alpha value is -0.603. The first-order valence-electron chi connectivity index (χ1n) is 5.22. The van der Waals surface area contributed by atoms with Gasteiger partial charge in [0.1, 0.15) is 9.68 Å². The molecule has 0 aliphatic heterocycles. The van der Waals surface area contributed by atoms with E-state index in [1.54, 1.807) is 0 Å². The molecule has 1 aliphatic carbocycles. The van der Waals surface area contributed by atoms with E-state index >= 15 is 0 Å². The second-order valence-electron chi connectivity index (χ2n) is 3.85. The zero-order valence-corrected chi connectivity index (χ0v) is 9.41. The van der Waals surface area contributed by atoms with Crippen LogP contribution in [0.3, 0.4) is 0 Å². The molecule has 70 valence electrons. The lowest BCUT2D eigenvalue weighted by atomic mass is 10.3. The predicted molar refractivity (Wildman–Crippen MR) is 60.0 cm³/mol. The van der Waals surface area contributed by atoms with Crippen molar-refractivity contribution < 1.29 is 0 Å². The lowest BCUT2D eigenvalue weighted by Crippen LogP contribution is -2.36. The van der Waals surface area contributed by atoms with Crippen LogP contribution in [0.15, 0.2) is 30.3 Å². The van der Waals surface area contributed by atoms with Gasteiger partial charge in [0, 0.05) is 6.04 Å². The highest BCUT2D eigenvalue weighted by molar-refractivity contribution is 6.50. The lowest BCUT2D eigenvalue weighted by molar-refractivity contribution is 0.646. The molecule has 1 aliphatic rings. The Labute approximate surface area is 82.5 Å². The molecule has 1 aromatic carbocycles. The van der Waals surface area contributed by atoms with Crippen molar-refractivity contribution in [1.82, 2.24) is 4.98 Å². The van der Waals surface area contributed by atoms with Crippen molar-refractivity contribution in [2.45, 2.75) is 31.7 Å². The molecule has 1 N–H and O–H groups in total. The fraction of sp³-hybridized carbons (Fsp3) is 0.455. The van der Waals surface area contributed by atoms with E-state index in [9.17, 15) is 0 Å². The molecule has 0 radical (unpaired) electrons. The smallest absolute Gasteiger partial charge is 0.124 e. The third-order valence-electron chi connectivity index (χ3n) is 2.79. The summed E-state index contributed by atoms with van der Waals surface area (Å²) in [7, 11) is -0.191. The van der Waals surface area contributed by atoms with Gasteiger partial charge >= 0.3 is 0 Å². The van der Waals surface area contributed by atoms with E-state index in [2.05, 4.69) is 35.3 Å². The molecule has 1 fully saturated rings. The lowest BCUT2D eigenvalue weighted by Gasteiger charge is -2.10. The van der Waals surface area contributed by atoms with E-state index in [1.165, 1.54) is 30.9 Å². The maximum absolute atomic E-state index is 3.74. The number of rotatable bonds is 3. The molecule has 0 aromatic heterocycles. The molecule has 13 heavy (non-hydrogen) atoms. The Bertz CT molecular complexity index is 242. The van der Waals surface area contributed by atoms with Crippen molar-refractivity contribution >= 4 is 14.9 Å². The standard InChI is InChI=1S/C11H17NSi/c1-2-8-11(9-3-1)13-12-10-6-4-5-7-10/h1-3,8-10,12H,4-7,13H2. The third-order valence-corrected chi connectivity index (χ3v) is 4.45. The van der Waals surface area contributed by atoms with Crippen LogP contribution in [0.25, 0.3) is 0 Å². The van der Waals surface area contributed by atoms with E-state index in [0.717, 1.165) is 6.04 Å². The summed E-state index contributed by atoms with van der Waals surface area (Å²) in [4.78, 5) is 3.74. The van der Waals surface area contributed by atoms with Crippen LogP contribution in [0.2, 0.25) is 0 Å². The van der Waals surface area contributed by atoms with Crippen molar-refractivity contribution in [2.75, 3.05) is 0 Å².